The molecule has 1 saturated heterocycles. The van der Waals surface area contributed by atoms with E-state index in [0.717, 1.165) is 0 Å². The highest BCUT2D eigenvalue weighted by atomic mass is 19.1. The Morgan fingerprint density at radius 1 is 1.26 bits per heavy atom. The predicted molar refractivity (Wildman–Crippen MR) is 86.2 cm³/mol. The molecular weight excluding hydrogens is 295 g/mol. The molecule has 0 aliphatic carbocycles. The van der Waals surface area contributed by atoms with Gasteiger partial charge < -0.3 is 9.84 Å². The van der Waals surface area contributed by atoms with Gasteiger partial charge >= 0.3 is 0 Å². The highest BCUT2D eigenvalue weighted by Gasteiger charge is 2.36. The molecule has 5 heteroatoms. The first-order valence-electron chi connectivity index (χ1n) is 7.79. The van der Waals surface area contributed by atoms with Gasteiger partial charge in [0.2, 0.25) is 0 Å². The van der Waals surface area contributed by atoms with E-state index in [9.17, 15) is 5.11 Å². The number of aromatic hydroxyl groups is 1. The van der Waals surface area contributed by atoms with E-state index in [1.807, 2.05) is 18.2 Å². The number of halogens is 1. The van der Waals surface area contributed by atoms with Crippen molar-refractivity contribution in [2.24, 2.45) is 0 Å². The van der Waals surface area contributed by atoms with Crippen LogP contribution < -0.4 is 4.74 Å². The van der Waals surface area contributed by atoms with E-state index < -0.39 is 5.67 Å². The van der Waals surface area contributed by atoms with Gasteiger partial charge in [-0.2, -0.15) is 0 Å². The lowest BCUT2D eigenvalue weighted by Gasteiger charge is -2.36. The van der Waals surface area contributed by atoms with Crippen LogP contribution in [0.4, 0.5) is 4.39 Å². The van der Waals surface area contributed by atoms with Crippen molar-refractivity contribution in [3.05, 3.63) is 53.9 Å². The van der Waals surface area contributed by atoms with Gasteiger partial charge in [0.25, 0.3) is 0 Å². The van der Waals surface area contributed by atoms with Crippen LogP contribution >= 0.6 is 0 Å². The lowest BCUT2D eigenvalue weighted by atomic mass is 9.86. The van der Waals surface area contributed by atoms with Gasteiger partial charge in [0.1, 0.15) is 17.2 Å². The summed E-state index contributed by atoms with van der Waals surface area (Å²) in [5.74, 6) is 0.873. The van der Waals surface area contributed by atoms with Crippen molar-refractivity contribution in [3.8, 4) is 11.5 Å². The number of alkyl halides is 1. The number of nitrogens with zero attached hydrogens (tertiary/aromatic N) is 2. The summed E-state index contributed by atoms with van der Waals surface area (Å²) in [6.07, 6.45) is 2.51. The number of hydrogen-bond donors (Lipinski definition) is 1. The third kappa shape index (κ3) is 3.45. The van der Waals surface area contributed by atoms with Gasteiger partial charge in [-0.05, 0) is 42.7 Å². The summed E-state index contributed by atoms with van der Waals surface area (Å²) in [6.45, 7) is 1.80. The first-order chi connectivity index (χ1) is 11.1. The molecule has 0 bridgehead atoms. The second kappa shape index (κ2) is 6.54. The molecule has 0 amide bonds. The van der Waals surface area contributed by atoms with Gasteiger partial charge in [0.05, 0.1) is 12.8 Å². The van der Waals surface area contributed by atoms with Crippen LogP contribution in [0.25, 0.3) is 0 Å². The maximum Gasteiger partial charge on any atom is 0.138 e. The summed E-state index contributed by atoms with van der Waals surface area (Å²) in [6, 6.07) is 10.6. The maximum atomic E-state index is 15.3. The van der Waals surface area contributed by atoms with Crippen molar-refractivity contribution >= 4 is 0 Å². The Hall–Kier alpha value is -2.14. The van der Waals surface area contributed by atoms with Gasteiger partial charge in [0, 0.05) is 25.8 Å². The fourth-order valence-electron chi connectivity index (χ4n) is 3.02. The summed E-state index contributed by atoms with van der Waals surface area (Å²) >= 11 is 0. The zero-order valence-corrected chi connectivity index (χ0v) is 13.2. The molecule has 0 radical (unpaired) electrons. The molecule has 0 saturated carbocycles. The molecule has 2 aromatic rings. The molecule has 1 aromatic carbocycles. The van der Waals surface area contributed by atoms with Crippen LogP contribution in [0.15, 0.2) is 42.6 Å². The van der Waals surface area contributed by atoms with Crippen LogP contribution in [-0.4, -0.2) is 35.2 Å². The molecule has 3 rings (SSSR count). The molecule has 4 nitrogen and oxygen atoms in total. The second-order valence-electron chi connectivity index (χ2n) is 5.94. The van der Waals surface area contributed by atoms with Crippen LogP contribution in [0.1, 0.15) is 24.1 Å². The lowest BCUT2D eigenvalue weighted by Crippen LogP contribution is -2.40. The van der Waals surface area contributed by atoms with Crippen LogP contribution in [0.5, 0.6) is 11.5 Å². The minimum Gasteiger partial charge on any atom is -0.506 e. The minimum absolute atomic E-state index is 0.192. The Morgan fingerprint density at radius 3 is 2.74 bits per heavy atom. The Balaban J connectivity index is 1.66. The number of methoxy groups -OCH3 is 1. The van der Waals surface area contributed by atoms with Gasteiger partial charge in [-0.15, -0.1) is 0 Å². The summed E-state index contributed by atoms with van der Waals surface area (Å²) < 4.78 is 20.5. The maximum absolute atomic E-state index is 15.3. The average Bonchev–Trinajstić information content (AvgIpc) is 2.59. The molecule has 0 atom stereocenters. The van der Waals surface area contributed by atoms with Crippen LogP contribution in [-0.2, 0) is 12.2 Å². The molecule has 0 unspecified atom stereocenters. The number of hydrogen-bond acceptors (Lipinski definition) is 4. The fraction of sp³-hybridized carbons (Fsp3) is 0.389. The van der Waals surface area contributed by atoms with Crippen LogP contribution in [0.3, 0.4) is 0 Å². The second-order valence-corrected chi connectivity index (χ2v) is 5.94. The number of benzene rings is 1. The van der Waals surface area contributed by atoms with Gasteiger partial charge in [-0.1, -0.05) is 12.1 Å². The number of aromatic nitrogens is 1. The monoisotopic (exact) mass is 316 g/mol. The van der Waals surface area contributed by atoms with Gasteiger partial charge in [-0.25, -0.2) is 4.39 Å². The Labute approximate surface area is 135 Å². The molecule has 1 aliphatic heterocycles. The van der Waals surface area contributed by atoms with E-state index in [-0.39, 0.29) is 5.75 Å². The zero-order valence-electron chi connectivity index (χ0n) is 13.2. The van der Waals surface area contributed by atoms with E-state index in [1.165, 1.54) is 0 Å². The van der Waals surface area contributed by atoms with Crippen molar-refractivity contribution in [1.29, 1.82) is 0 Å². The third-order valence-electron chi connectivity index (χ3n) is 4.48. The number of likely N-dealkylation sites (tertiary alicyclic amines) is 1. The molecular formula is C18H21FN2O2. The highest BCUT2D eigenvalue weighted by molar-refractivity contribution is 5.33. The number of pyridine rings is 1. The molecule has 2 heterocycles. The SMILES string of the molecule is COc1cccc(C2(F)CCN(Cc3ncccc3O)CC2)c1. The van der Waals surface area contributed by atoms with Crippen molar-refractivity contribution in [2.45, 2.75) is 25.1 Å². The lowest BCUT2D eigenvalue weighted by molar-refractivity contribution is 0.0516. The molecule has 1 aromatic heterocycles. The van der Waals surface area contributed by atoms with E-state index in [0.29, 0.717) is 49.5 Å². The smallest absolute Gasteiger partial charge is 0.138 e. The van der Waals surface area contributed by atoms with Crippen LogP contribution in [0, 0.1) is 0 Å². The Bertz CT molecular complexity index is 670. The summed E-state index contributed by atoms with van der Waals surface area (Å²) in [5, 5.41) is 9.80. The summed E-state index contributed by atoms with van der Waals surface area (Å²) in [5.41, 5.74) is -0.00516. The van der Waals surface area contributed by atoms with Gasteiger partial charge in [0.15, 0.2) is 0 Å². The third-order valence-corrected chi connectivity index (χ3v) is 4.48. The topological polar surface area (TPSA) is 45.6 Å². The molecule has 122 valence electrons. The average molecular weight is 316 g/mol. The van der Waals surface area contributed by atoms with Crippen molar-refractivity contribution < 1.29 is 14.2 Å². The quantitative estimate of drug-likeness (QED) is 0.940. The molecule has 1 N–H and O–H groups in total. The number of piperidine rings is 1. The van der Waals surface area contributed by atoms with Crippen molar-refractivity contribution in [3.63, 3.8) is 0 Å². The van der Waals surface area contributed by atoms with Crippen molar-refractivity contribution in [1.82, 2.24) is 9.88 Å². The number of ether oxygens (including phenoxy) is 1. The van der Waals surface area contributed by atoms with Crippen molar-refractivity contribution in [2.75, 3.05) is 20.2 Å². The first kappa shape index (κ1) is 15.7. The zero-order chi connectivity index (χ0) is 16.3. The summed E-state index contributed by atoms with van der Waals surface area (Å²) in [4.78, 5) is 6.31. The van der Waals surface area contributed by atoms with Crippen LogP contribution in [0.2, 0.25) is 0 Å². The van der Waals surface area contributed by atoms with E-state index in [2.05, 4.69) is 9.88 Å². The minimum atomic E-state index is -1.32. The molecule has 1 fully saturated rings. The standard InChI is InChI=1S/C18H21FN2O2/c1-23-15-5-2-4-14(12-15)18(19)7-10-21(11-8-18)13-16-17(22)6-3-9-20-16/h2-6,9,12,22H,7-8,10-11,13H2,1H3. The molecule has 23 heavy (non-hydrogen) atoms. The fourth-order valence-corrected chi connectivity index (χ4v) is 3.02. The molecule has 1 aliphatic rings. The largest absolute Gasteiger partial charge is 0.506 e. The molecule has 0 spiro atoms. The van der Waals surface area contributed by atoms with E-state index in [1.54, 1.807) is 31.5 Å². The predicted octanol–water partition coefficient (Wildman–Crippen LogP) is 3.26. The summed E-state index contributed by atoms with van der Waals surface area (Å²) in [7, 11) is 1.59. The normalized spacial score (nSPS) is 17.8. The Morgan fingerprint density at radius 2 is 2.04 bits per heavy atom. The highest BCUT2D eigenvalue weighted by Crippen LogP contribution is 2.38. The van der Waals surface area contributed by atoms with E-state index in [4.69, 9.17) is 4.74 Å². The number of rotatable bonds is 4. The first-order valence-corrected chi connectivity index (χ1v) is 7.79. The Kier molecular flexibility index (Phi) is 4.48. The van der Waals surface area contributed by atoms with E-state index >= 15 is 4.39 Å². The van der Waals surface area contributed by atoms with Gasteiger partial charge in [-0.3, -0.25) is 9.88 Å².